The van der Waals surface area contributed by atoms with Crippen molar-refractivity contribution >= 4 is 40.3 Å². The number of nitro groups is 1. The number of nitrogens with zero attached hydrogens (tertiary/aromatic N) is 2. The summed E-state index contributed by atoms with van der Waals surface area (Å²) < 4.78 is 4.98. The molecule has 0 aliphatic rings. The lowest BCUT2D eigenvalue weighted by molar-refractivity contribution is -0.384. The Labute approximate surface area is 138 Å². The van der Waals surface area contributed by atoms with Crippen LogP contribution in [0.3, 0.4) is 0 Å². The fourth-order valence-electron chi connectivity index (χ4n) is 1.62. The average molecular weight is 345 g/mol. The number of thiocarbonyl (C=S) groups is 1. The summed E-state index contributed by atoms with van der Waals surface area (Å²) in [5.41, 5.74) is 3.64. The van der Waals surface area contributed by atoms with Crippen LogP contribution >= 0.6 is 23.8 Å². The fourth-order valence-corrected chi connectivity index (χ4v) is 2.06. The van der Waals surface area contributed by atoms with Gasteiger partial charge in [0.1, 0.15) is 5.02 Å². The molecule has 0 aliphatic carbocycles. The van der Waals surface area contributed by atoms with E-state index in [1.165, 1.54) is 12.1 Å². The fraction of sp³-hybridized carbons (Fsp3) is 0.385. The van der Waals surface area contributed by atoms with Crippen molar-refractivity contribution in [2.75, 3.05) is 13.7 Å². The molecule has 1 aromatic carbocycles. The van der Waals surface area contributed by atoms with Gasteiger partial charge >= 0.3 is 0 Å². The smallest absolute Gasteiger partial charge is 0.288 e. The van der Waals surface area contributed by atoms with E-state index in [4.69, 9.17) is 28.6 Å². The van der Waals surface area contributed by atoms with E-state index in [1.54, 1.807) is 20.1 Å². The van der Waals surface area contributed by atoms with Gasteiger partial charge in [0, 0.05) is 24.8 Å². The molecule has 22 heavy (non-hydrogen) atoms. The van der Waals surface area contributed by atoms with Crippen molar-refractivity contribution < 1.29 is 9.66 Å². The Morgan fingerprint density at radius 3 is 2.86 bits per heavy atom. The molecule has 0 unspecified atom stereocenters. The molecule has 9 heteroatoms. The highest BCUT2D eigenvalue weighted by atomic mass is 35.5. The van der Waals surface area contributed by atoms with Gasteiger partial charge in [0.2, 0.25) is 0 Å². The van der Waals surface area contributed by atoms with E-state index in [0.717, 1.165) is 0 Å². The maximum absolute atomic E-state index is 10.9. The SMILES string of the molecule is COC[C@@H](C)NC(=S)N/N=C(/C)c1ccc(Cl)c([N+](=O)[O-])c1. The van der Waals surface area contributed by atoms with E-state index >= 15 is 0 Å². The third-order valence-electron chi connectivity index (χ3n) is 2.68. The molecule has 0 aromatic heterocycles. The van der Waals surface area contributed by atoms with E-state index in [0.29, 0.717) is 23.0 Å². The minimum atomic E-state index is -0.537. The van der Waals surface area contributed by atoms with Gasteiger partial charge in [-0.3, -0.25) is 15.5 Å². The van der Waals surface area contributed by atoms with Gasteiger partial charge in [-0.15, -0.1) is 0 Å². The Bertz CT molecular complexity index is 595. The zero-order valence-corrected chi connectivity index (χ0v) is 14.0. The number of hydrazone groups is 1. The van der Waals surface area contributed by atoms with Gasteiger partial charge < -0.3 is 10.1 Å². The first kappa shape index (κ1) is 18.3. The van der Waals surface area contributed by atoms with E-state index < -0.39 is 4.92 Å². The highest BCUT2D eigenvalue weighted by Gasteiger charge is 2.13. The Morgan fingerprint density at radius 2 is 2.27 bits per heavy atom. The predicted octanol–water partition coefficient (Wildman–Crippen LogP) is 2.47. The Hall–Kier alpha value is -1.77. The second kappa shape index (κ2) is 8.62. The largest absolute Gasteiger partial charge is 0.383 e. The molecule has 0 fully saturated rings. The van der Waals surface area contributed by atoms with Crippen molar-refractivity contribution in [2.24, 2.45) is 5.10 Å². The maximum atomic E-state index is 10.9. The molecule has 0 saturated carbocycles. The van der Waals surface area contributed by atoms with Crippen LogP contribution in [0, 0.1) is 10.1 Å². The number of benzene rings is 1. The molecule has 120 valence electrons. The zero-order valence-electron chi connectivity index (χ0n) is 12.4. The van der Waals surface area contributed by atoms with Crippen LogP contribution in [0.25, 0.3) is 0 Å². The molecule has 1 aromatic rings. The Kier molecular flexibility index (Phi) is 7.16. The summed E-state index contributed by atoms with van der Waals surface area (Å²) >= 11 is 10.9. The summed E-state index contributed by atoms with van der Waals surface area (Å²) in [7, 11) is 1.60. The standard InChI is InChI=1S/C13H17ClN4O3S/c1-8(7-21-3)15-13(22)17-16-9(2)10-4-5-11(14)12(6-10)18(19)20/h4-6,8H,7H2,1-3H3,(H2,15,17,22)/b16-9-/t8-/m1/s1. The number of rotatable bonds is 6. The zero-order chi connectivity index (χ0) is 16.7. The highest BCUT2D eigenvalue weighted by Crippen LogP contribution is 2.25. The Morgan fingerprint density at radius 1 is 1.59 bits per heavy atom. The minimum absolute atomic E-state index is 0.0390. The van der Waals surface area contributed by atoms with Crippen LogP contribution in [0.4, 0.5) is 5.69 Å². The molecule has 2 N–H and O–H groups in total. The van der Waals surface area contributed by atoms with Crippen LogP contribution in [-0.2, 0) is 4.74 Å². The second-order valence-electron chi connectivity index (χ2n) is 4.56. The lowest BCUT2D eigenvalue weighted by Gasteiger charge is -2.14. The second-order valence-corrected chi connectivity index (χ2v) is 5.38. The third kappa shape index (κ3) is 5.55. The number of halogens is 1. The summed E-state index contributed by atoms with van der Waals surface area (Å²) in [5, 5.41) is 18.4. The monoisotopic (exact) mass is 344 g/mol. The van der Waals surface area contributed by atoms with Crippen molar-refractivity contribution in [3.63, 3.8) is 0 Å². The van der Waals surface area contributed by atoms with Crippen LogP contribution in [-0.4, -0.2) is 35.5 Å². The van der Waals surface area contributed by atoms with Gasteiger partial charge in [0.15, 0.2) is 5.11 Å². The quantitative estimate of drug-likeness (QED) is 0.356. The third-order valence-corrected chi connectivity index (χ3v) is 3.21. The number of hydrogen-bond donors (Lipinski definition) is 2. The average Bonchev–Trinajstić information content (AvgIpc) is 2.45. The number of nitro benzene ring substituents is 1. The molecule has 0 bridgehead atoms. The number of hydrogen-bond acceptors (Lipinski definition) is 5. The van der Waals surface area contributed by atoms with Crippen LogP contribution in [0.2, 0.25) is 5.02 Å². The van der Waals surface area contributed by atoms with Gasteiger partial charge in [-0.2, -0.15) is 5.10 Å². The summed E-state index contributed by atoms with van der Waals surface area (Å²) in [4.78, 5) is 10.3. The molecule has 0 heterocycles. The maximum Gasteiger partial charge on any atom is 0.288 e. The van der Waals surface area contributed by atoms with Crippen LogP contribution < -0.4 is 10.7 Å². The summed E-state index contributed by atoms with van der Waals surface area (Å²) in [6.07, 6.45) is 0. The van der Waals surface area contributed by atoms with Crippen LogP contribution in [0.5, 0.6) is 0 Å². The first-order valence-electron chi connectivity index (χ1n) is 6.39. The van der Waals surface area contributed by atoms with Crippen molar-refractivity contribution in [3.8, 4) is 0 Å². The predicted molar refractivity (Wildman–Crippen MR) is 90.5 cm³/mol. The first-order valence-corrected chi connectivity index (χ1v) is 7.17. The van der Waals surface area contributed by atoms with Crippen molar-refractivity contribution in [1.82, 2.24) is 10.7 Å². The van der Waals surface area contributed by atoms with Gasteiger partial charge in [-0.05, 0) is 32.1 Å². The molecule has 0 aliphatic heterocycles. The molecule has 0 amide bonds. The van der Waals surface area contributed by atoms with E-state index in [1.807, 2.05) is 6.92 Å². The number of methoxy groups -OCH3 is 1. The van der Waals surface area contributed by atoms with Crippen molar-refractivity contribution in [3.05, 3.63) is 38.9 Å². The molecule has 0 saturated heterocycles. The normalized spacial score (nSPS) is 12.6. The van der Waals surface area contributed by atoms with E-state index in [2.05, 4.69) is 15.8 Å². The summed E-state index contributed by atoms with van der Waals surface area (Å²) in [5.74, 6) is 0. The van der Waals surface area contributed by atoms with E-state index in [9.17, 15) is 10.1 Å². The topological polar surface area (TPSA) is 88.8 Å². The molecular formula is C13H17ClN4O3S. The number of nitrogens with one attached hydrogen (secondary N) is 2. The summed E-state index contributed by atoms with van der Waals surface area (Å²) in [6.45, 7) is 4.13. The van der Waals surface area contributed by atoms with Gasteiger partial charge in [-0.25, -0.2) is 0 Å². The van der Waals surface area contributed by atoms with Crippen molar-refractivity contribution in [1.29, 1.82) is 0 Å². The number of ether oxygens (including phenoxy) is 1. The molecule has 1 rings (SSSR count). The molecular weight excluding hydrogens is 328 g/mol. The molecule has 0 radical (unpaired) electrons. The van der Waals surface area contributed by atoms with Gasteiger partial charge in [-0.1, -0.05) is 17.7 Å². The molecule has 7 nitrogen and oxygen atoms in total. The minimum Gasteiger partial charge on any atom is -0.383 e. The van der Waals surface area contributed by atoms with Gasteiger partial charge in [0.25, 0.3) is 5.69 Å². The molecule has 1 atom stereocenters. The van der Waals surface area contributed by atoms with Gasteiger partial charge in [0.05, 0.1) is 17.2 Å². The summed E-state index contributed by atoms with van der Waals surface area (Å²) in [6, 6.07) is 4.52. The lowest BCUT2D eigenvalue weighted by atomic mass is 10.1. The lowest BCUT2D eigenvalue weighted by Crippen LogP contribution is -2.40. The van der Waals surface area contributed by atoms with Crippen LogP contribution in [0.1, 0.15) is 19.4 Å². The first-order chi connectivity index (χ1) is 10.3. The van der Waals surface area contributed by atoms with E-state index in [-0.39, 0.29) is 16.8 Å². The van der Waals surface area contributed by atoms with Crippen LogP contribution in [0.15, 0.2) is 23.3 Å². The molecule has 0 spiro atoms. The highest BCUT2D eigenvalue weighted by molar-refractivity contribution is 7.80. The Balaban J connectivity index is 2.75. The van der Waals surface area contributed by atoms with Crippen molar-refractivity contribution in [2.45, 2.75) is 19.9 Å².